The first-order valence-corrected chi connectivity index (χ1v) is 9.26. The summed E-state index contributed by atoms with van der Waals surface area (Å²) in [6.07, 6.45) is -1.34. The van der Waals surface area contributed by atoms with E-state index in [4.69, 9.17) is 9.47 Å². The monoisotopic (exact) mass is 389 g/mol. The molecule has 148 valence electrons. The fourth-order valence-corrected chi connectivity index (χ4v) is 2.85. The number of rotatable bonds is 7. The van der Waals surface area contributed by atoms with Crippen molar-refractivity contribution in [3.8, 4) is 11.5 Å². The average molecular weight is 389 g/mol. The van der Waals surface area contributed by atoms with Crippen LogP contribution in [0.15, 0.2) is 72.8 Å². The van der Waals surface area contributed by atoms with Crippen LogP contribution in [0, 0.1) is 13.8 Å². The third-order valence-electron chi connectivity index (χ3n) is 4.42. The second kappa shape index (κ2) is 9.06. The molecule has 0 aromatic heterocycles. The van der Waals surface area contributed by atoms with Crippen LogP contribution >= 0.6 is 0 Å². The molecular formula is C24H23NO4. The number of carbonyl (C=O) groups excluding carboxylic acids is 2. The number of hydrogen-bond donors (Lipinski definition) is 1. The van der Waals surface area contributed by atoms with E-state index in [-0.39, 0.29) is 0 Å². The normalized spacial score (nSPS) is 11.4. The summed E-state index contributed by atoms with van der Waals surface area (Å²) in [4.78, 5) is 26.1. The van der Waals surface area contributed by atoms with Crippen molar-refractivity contribution in [2.75, 3.05) is 12.4 Å². The van der Waals surface area contributed by atoms with E-state index >= 15 is 0 Å². The molecule has 3 rings (SSSR count). The number of anilines is 1. The number of Topliss-reactive ketones (excluding diaryl/α,β-unsaturated/α-hetero) is 1. The number of ketones is 1. The summed E-state index contributed by atoms with van der Waals surface area (Å²) in [5, 5.41) is 2.77. The van der Waals surface area contributed by atoms with Gasteiger partial charge in [-0.25, -0.2) is 0 Å². The van der Waals surface area contributed by atoms with Crippen LogP contribution in [0.1, 0.15) is 21.5 Å². The quantitative estimate of drug-likeness (QED) is 0.474. The van der Waals surface area contributed by atoms with E-state index in [2.05, 4.69) is 5.32 Å². The molecule has 0 radical (unpaired) electrons. The Balaban J connectivity index is 1.91. The minimum atomic E-state index is -1.34. The van der Waals surface area contributed by atoms with E-state index in [0.29, 0.717) is 22.7 Å². The zero-order valence-electron chi connectivity index (χ0n) is 16.6. The molecule has 0 aliphatic carbocycles. The summed E-state index contributed by atoms with van der Waals surface area (Å²) in [5.74, 6) is -0.0416. The van der Waals surface area contributed by atoms with Gasteiger partial charge in [0.25, 0.3) is 5.91 Å². The highest BCUT2D eigenvalue weighted by atomic mass is 16.5. The number of carbonyl (C=O) groups is 2. The Labute approximate surface area is 170 Å². The predicted molar refractivity (Wildman–Crippen MR) is 113 cm³/mol. The molecule has 1 atom stereocenters. The largest absolute Gasteiger partial charge is 0.495 e. The summed E-state index contributed by atoms with van der Waals surface area (Å²) in [7, 11) is 1.52. The van der Waals surface area contributed by atoms with Gasteiger partial charge in [-0.2, -0.15) is 0 Å². The highest BCUT2D eigenvalue weighted by Crippen LogP contribution is 2.26. The molecule has 0 heterocycles. The Hall–Kier alpha value is -3.60. The molecule has 0 spiro atoms. The van der Waals surface area contributed by atoms with Gasteiger partial charge < -0.3 is 14.8 Å². The molecule has 0 fully saturated rings. The van der Waals surface area contributed by atoms with Gasteiger partial charge in [0, 0.05) is 5.56 Å². The fraction of sp³-hybridized carbons (Fsp3) is 0.167. The summed E-state index contributed by atoms with van der Waals surface area (Å²) in [5.41, 5.74) is 2.88. The Morgan fingerprint density at radius 3 is 2.17 bits per heavy atom. The molecule has 3 aromatic rings. The lowest BCUT2D eigenvalue weighted by atomic mass is 10.1. The topological polar surface area (TPSA) is 64.6 Å². The van der Waals surface area contributed by atoms with Crippen LogP contribution < -0.4 is 14.8 Å². The molecular weight excluding hydrogens is 366 g/mol. The van der Waals surface area contributed by atoms with E-state index in [9.17, 15) is 9.59 Å². The maximum Gasteiger partial charge on any atom is 0.273 e. The number of hydrogen-bond acceptors (Lipinski definition) is 4. The molecule has 1 unspecified atom stereocenters. The average Bonchev–Trinajstić information content (AvgIpc) is 2.73. The Bertz CT molecular complexity index is 997. The molecule has 1 N–H and O–H groups in total. The van der Waals surface area contributed by atoms with Crippen molar-refractivity contribution in [1.29, 1.82) is 0 Å². The molecule has 0 saturated carbocycles. The summed E-state index contributed by atoms with van der Waals surface area (Å²) < 4.78 is 11.1. The minimum absolute atomic E-state index is 0.399. The lowest BCUT2D eigenvalue weighted by Gasteiger charge is -2.19. The molecule has 0 bridgehead atoms. The third kappa shape index (κ3) is 5.02. The van der Waals surface area contributed by atoms with E-state index < -0.39 is 17.8 Å². The maximum absolute atomic E-state index is 13.1. The third-order valence-corrected chi connectivity index (χ3v) is 4.42. The maximum atomic E-state index is 13.1. The summed E-state index contributed by atoms with van der Waals surface area (Å²) in [6.45, 7) is 3.86. The van der Waals surface area contributed by atoms with E-state index in [1.54, 1.807) is 48.5 Å². The van der Waals surface area contributed by atoms with Crippen LogP contribution in [-0.4, -0.2) is 24.9 Å². The van der Waals surface area contributed by atoms with Gasteiger partial charge >= 0.3 is 0 Å². The van der Waals surface area contributed by atoms with Crippen LogP contribution in [0.5, 0.6) is 11.5 Å². The molecule has 0 saturated heterocycles. The fourth-order valence-electron chi connectivity index (χ4n) is 2.85. The van der Waals surface area contributed by atoms with Crippen molar-refractivity contribution in [1.82, 2.24) is 0 Å². The number of amides is 1. The highest BCUT2D eigenvalue weighted by Gasteiger charge is 2.30. The second-order valence-electron chi connectivity index (χ2n) is 6.73. The van der Waals surface area contributed by atoms with Crippen molar-refractivity contribution < 1.29 is 19.1 Å². The zero-order chi connectivity index (χ0) is 20.8. The minimum Gasteiger partial charge on any atom is -0.495 e. The van der Waals surface area contributed by atoms with Gasteiger partial charge in [0.05, 0.1) is 12.8 Å². The second-order valence-corrected chi connectivity index (χ2v) is 6.73. The molecule has 1 amide bonds. The highest BCUT2D eigenvalue weighted by molar-refractivity contribution is 6.16. The first kappa shape index (κ1) is 20.1. The molecule has 29 heavy (non-hydrogen) atoms. The Morgan fingerprint density at radius 2 is 1.52 bits per heavy atom. The molecule has 0 aliphatic heterocycles. The first-order chi connectivity index (χ1) is 14.0. The van der Waals surface area contributed by atoms with Crippen molar-refractivity contribution in [3.05, 3.63) is 89.5 Å². The van der Waals surface area contributed by atoms with Gasteiger partial charge in [-0.3, -0.25) is 9.59 Å². The number of ether oxygens (including phenoxy) is 2. The Kier molecular flexibility index (Phi) is 6.29. The summed E-state index contributed by atoms with van der Waals surface area (Å²) in [6, 6.07) is 21.3. The van der Waals surface area contributed by atoms with Crippen LogP contribution in [0.4, 0.5) is 5.69 Å². The van der Waals surface area contributed by atoms with Crippen molar-refractivity contribution >= 4 is 17.4 Å². The molecule has 5 nitrogen and oxygen atoms in total. The lowest BCUT2D eigenvalue weighted by Crippen LogP contribution is -2.40. The SMILES string of the molecule is COc1ccc(C)cc1NC(=O)C(Oc1ccc(C)cc1)C(=O)c1ccccc1. The standard InChI is InChI=1S/C24H23NO4/c1-16-9-12-19(13-10-16)29-23(22(26)18-7-5-4-6-8-18)24(27)25-20-15-17(2)11-14-21(20)28-3/h4-15,23H,1-3H3,(H,25,27). The van der Waals surface area contributed by atoms with Crippen LogP contribution in [0.3, 0.4) is 0 Å². The number of methoxy groups -OCH3 is 1. The van der Waals surface area contributed by atoms with Gasteiger partial charge in [0.2, 0.25) is 11.9 Å². The van der Waals surface area contributed by atoms with Crippen LogP contribution in [0.25, 0.3) is 0 Å². The van der Waals surface area contributed by atoms with E-state index in [1.165, 1.54) is 7.11 Å². The van der Waals surface area contributed by atoms with Gasteiger partial charge in [-0.05, 0) is 43.7 Å². The predicted octanol–water partition coefficient (Wildman–Crippen LogP) is 4.58. The smallest absolute Gasteiger partial charge is 0.273 e. The van der Waals surface area contributed by atoms with E-state index in [0.717, 1.165) is 11.1 Å². The molecule has 0 aliphatic rings. The van der Waals surface area contributed by atoms with Gasteiger partial charge in [-0.15, -0.1) is 0 Å². The summed E-state index contributed by atoms with van der Waals surface area (Å²) >= 11 is 0. The van der Waals surface area contributed by atoms with Gasteiger partial charge in [0.1, 0.15) is 11.5 Å². The van der Waals surface area contributed by atoms with Crippen molar-refractivity contribution in [2.45, 2.75) is 20.0 Å². The number of nitrogens with one attached hydrogen (secondary N) is 1. The van der Waals surface area contributed by atoms with Crippen LogP contribution in [-0.2, 0) is 4.79 Å². The first-order valence-electron chi connectivity index (χ1n) is 9.26. The van der Waals surface area contributed by atoms with Gasteiger partial charge in [-0.1, -0.05) is 54.1 Å². The zero-order valence-corrected chi connectivity index (χ0v) is 16.6. The molecule has 5 heteroatoms. The van der Waals surface area contributed by atoms with Crippen LogP contribution in [0.2, 0.25) is 0 Å². The van der Waals surface area contributed by atoms with Gasteiger partial charge in [0.15, 0.2) is 0 Å². The Morgan fingerprint density at radius 1 is 0.862 bits per heavy atom. The van der Waals surface area contributed by atoms with Crippen molar-refractivity contribution in [3.63, 3.8) is 0 Å². The molecule has 3 aromatic carbocycles. The lowest BCUT2D eigenvalue weighted by molar-refractivity contribution is -0.120. The number of benzene rings is 3. The number of aryl methyl sites for hydroxylation is 2. The van der Waals surface area contributed by atoms with E-state index in [1.807, 2.05) is 38.1 Å². The van der Waals surface area contributed by atoms with Crippen molar-refractivity contribution in [2.24, 2.45) is 0 Å².